The molecule has 0 aliphatic rings. The molecule has 1 atom stereocenters. The summed E-state index contributed by atoms with van der Waals surface area (Å²) in [7, 11) is 1.68. The Morgan fingerprint density at radius 2 is 2.06 bits per heavy atom. The van der Waals surface area contributed by atoms with E-state index in [0.717, 1.165) is 23.4 Å². The van der Waals surface area contributed by atoms with Crippen LogP contribution in [0.2, 0.25) is 0 Å². The molecule has 0 aliphatic carbocycles. The minimum absolute atomic E-state index is 0.422. The van der Waals surface area contributed by atoms with Crippen LogP contribution in [0.15, 0.2) is 42.7 Å². The van der Waals surface area contributed by atoms with Gasteiger partial charge in [0.25, 0.3) is 0 Å². The highest BCUT2D eigenvalue weighted by atomic mass is 16.5. The highest BCUT2D eigenvalue weighted by molar-refractivity contribution is 5.33. The maximum atomic E-state index is 9.47. The fourth-order valence-corrected chi connectivity index (χ4v) is 1.84. The number of para-hydroxylation sites is 1. The summed E-state index contributed by atoms with van der Waals surface area (Å²) >= 11 is 0. The van der Waals surface area contributed by atoms with Crippen molar-refractivity contribution in [1.82, 2.24) is 4.57 Å². The topological polar surface area (TPSA) is 34.4 Å². The minimum Gasteiger partial charge on any atom is -0.496 e. The number of hydrogen-bond acceptors (Lipinski definition) is 2. The van der Waals surface area contributed by atoms with Gasteiger partial charge in [0, 0.05) is 18.0 Å². The first-order chi connectivity index (χ1) is 8.20. The van der Waals surface area contributed by atoms with Gasteiger partial charge in [0.05, 0.1) is 19.8 Å². The van der Waals surface area contributed by atoms with E-state index in [1.165, 1.54) is 0 Å². The van der Waals surface area contributed by atoms with E-state index in [9.17, 15) is 5.11 Å². The molecule has 0 saturated heterocycles. The van der Waals surface area contributed by atoms with E-state index in [2.05, 4.69) is 0 Å². The zero-order valence-electron chi connectivity index (χ0n) is 10.1. The predicted molar refractivity (Wildman–Crippen MR) is 67.2 cm³/mol. The molecule has 0 bridgehead atoms. The number of hydrogen-bond donors (Lipinski definition) is 1. The van der Waals surface area contributed by atoms with Crippen LogP contribution in [-0.4, -0.2) is 16.8 Å². The first kappa shape index (κ1) is 11.7. The molecule has 1 unspecified atom stereocenters. The maximum Gasteiger partial charge on any atom is 0.123 e. The SMILES string of the molecule is COc1ccccc1Cn1ccc(C(C)O)c1. The molecule has 90 valence electrons. The van der Waals surface area contributed by atoms with Crippen molar-refractivity contribution in [3.05, 3.63) is 53.9 Å². The smallest absolute Gasteiger partial charge is 0.123 e. The lowest BCUT2D eigenvalue weighted by molar-refractivity contribution is 0.199. The highest BCUT2D eigenvalue weighted by Crippen LogP contribution is 2.20. The second-order valence-corrected chi connectivity index (χ2v) is 4.10. The Morgan fingerprint density at radius 3 is 2.71 bits per heavy atom. The van der Waals surface area contributed by atoms with Gasteiger partial charge in [-0.1, -0.05) is 18.2 Å². The molecule has 0 radical (unpaired) electrons. The Labute approximate surface area is 101 Å². The van der Waals surface area contributed by atoms with Crippen LogP contribution in [0.4, 0.5) is 0 Å². The lowest BCUT2D eigenvalue weighted by atomic mass is 10.2. The summed E-state index contributed by atoms with van der Waals surface area (Å²) in [6.45, 7) is 2.51. The molecule has 3 heteroatoms. The molecule has 0 fully saturated rings. The number of ether oxygens (including phenoxy) is 1. The van der Waals surface area contributed by atoms with E-state index in [1.807, 2.05) is 47.3 Å². The van der Waals surface area contributed by atoms with Crippen molar-refractivity contribution >= 4 is 0 Å². The molecule has 2 aromatic rings. The number of aromatic nitrogens is 1. The molecule has 1 aromatic heterocycles. The molecule has 0 spiro atoms. The monoisotopic (exact) mass is 231 g/mol. The molecule has 3 nitrogen and oxygen atoms in total. The Kier molecular flexibility index (Phi) is 3.49. The van der Waals surface area contributed by atoms with Gasteiger partial charge in [-0.25, -0.2) is 0 Å². The zero-order valence-corrected chi connectivity index (χ0v) is 10.1. The predicted octanol–water partition coefficient (Wildman–Crippen LogP) is 2.60. The first-order valence-corrected chi connectivity index (χ1v) is 5.66. The summed E-state index contributed by atoms with van der Waals surface area (Å²) in [5.41, 5.74) is 2.06. The van der Waals surface area contributed by atoms with Gasteiger partial charge < -0.3 is 14.4 Å². The van der Waals surface area contributed by atoms with Gasteiger partial charge >= 0.3 is 0 Å². The van der Waals surface area contributed by atoms with Gasteiger partial charge in [0.1, 0.15) is 5.75 Å². The van der Waals surface area contributed by atoms with E-state index in [-0.39, 0.29) is 0 Å². The molecule has 0 amide bonds. The van der Waals surface area contributed by atoms with Gasteiger partial charge in [-0.05, 0) is 24.6 Å². The van der Waals surface area contributed by atoms with Crippen molar-refractivity contribution in [2.75, 3.05) is 7.11 Å². The van der Waals surface area contributed by atoms with E-state index in [4.69, 9.17) is 4.74 Å². The minimum atomic E-state index is -0.422. The van der Waals surface area contributed by atoms with Crippen LogP contribution in [-0.2, 0) is 6.54 Å². The first-order valence-electron chi connectivity index (χ1n) is 5.66. The molecule has 0 aliphatic heterocycles. The third-order valence-electron chi connectivity index (χ3n) is 2.80. The lowest BCUT2D eigenvalue weighted by Gasteiger charge is -2.09. The molecular weight excluding hydrogens is 214 g/mol. The molecule has 1 aromatic carbocycles. The standard InChI is InChI=1S/C14H17NO2/c1-11(16)12-7-8-15(9-12)10-13-5-3-4-6-14(13)17-2/h3-9,11,16H,10H2,1-2H3. The highest BCUT2D eigenvalue weighted by Gasteiger charge is 2.05. The third-order valence-corrected chi connectivity index (χ3v) is 2.80. The van der Waals surface area contributed by atoms with Crippen LogP contribution in [0, 0.1) is 0 Å². The fourth-order valence-electron chi connectivity index (χ4n) is 1.84. The fraction of sp³-hybridized carbons (Fsp3) is 0.286. The second kappa shape index (κ2) is 5.06. The van der Waals surface area contributed by atoms with E-state index >= 15 is 0 Å². The van der Waals surface area contributed by atoms with Gasteiger partial charge in [0.15, 0.2) is 0 Å². The van der Waals surface area contributed by atoms with Gasteiger partial charge in [-0.2, -0.15) is 0 Å². The van der Waals surface area contributed by atoms with Crippen LogP contribution in [0.5, 0.6) is 5.75 Å². The number of methoxy groups -OCH3 is 1. The molecule has 0 saturated carbocycles. The number of aliphatic hydroxyl groups is 1. The average molecular weight is 231 g/mol. The van der Waals surface area contributed by atoms with Crippen molar-refractivity contribution in [2.24, 2.45) is 0 Å². The van der Waals surface area contributed by atoms with Crippen molar-refractivity contribution in [2.45, 2.75) is 19.6 Å². The summed E-state index contributed by atoms with van der Waals surface area (Å²) in [5.74, 6) is 0.889. The Morgan fingerprint density at radius 1 is 1.29 bits per heavy atom. The Bertz CT molecular complexity index is 488. The maximum absolute atomic E-state index is 9.47. The number of nitrogens with zero attached hydrogens (tertiary/aromatic N) is 1. The Balaban J connectivity index is 2.19. The average Bonchev–Trinajstić information content (AvgIpc) is 2.78. The van der Waals surface area contributed by atoms with Crippen LogP contribution in [0.1, 0.15) is 24.2 Å². The van der Waals surface area contributed by atoms with Crippen molar-refractivity contribution in [1.29, 1.82) is 0 Å². The summed E-state index contributed by atoms with van der Waals surface area (Å²) in [6, 6.07) is 9.88. The molecular formula is C14H17NO2. The quantitative estimate of drug-likeness (QED) is 0.877. The van der Waals surface area contributed by atoms with Crippen LogP contribution in [0.25, 0.3) is 0 Å². The lowest BCUT2D eigenvalue weighted by Crippen LogP contribution is -1.99. The van der Waals surface area contributed by atoms with Crippen LogP contribution >= 0.6 is 0 Å². The molecule has 1 N–H and O–H groups in total. The summed E-state index contributed by atoms with van der Waals surface area (Å²) in [5, 5.41) is 9.47. The van der Waals surface area contributed by atoms with Gasteiger partial charge in [0.2, 0.25) is 0 Å². The van der Waals surface area contributed by atoms with E-state index in [1.54, 1.807) is 14.0 Å². The largest absolute Gasteiger partial charge is 0.496 e. The number of aliphatic hydroxyl groups excluding tert-OH is 1. The van der Waals surface area contributed by atoms with Crippen LogP contribution in [0.3, 0.4) is 0 Å². The van der Waals surface area contributed by atoms with Crippen molar-refractivity contribution in [3.8, 4) is 5.75 Å². The van der Waals surface area contributed by atoms with Gasteiger partial charge in [-0.3, -0.25) is 0 Å². The normalized spacial score (nSPS) is 12.4. The third kappa shape index (κ3) is 2.68. The van der Waals surface area contributed by atoms with E-state index < -0.39 is 6.10 Å². The zero-order chi connectivity index (χ0) is 12.3. The van der Waals surface area contributed by atoms with Crippen LogP contribution < -0.4 is 4.74 Å². The number of benzene rings is 1. The molecule has 17 heavy (non-hydrogen) atoms. The summed E-state index contributed by atoms with van der Waals surface area (Å²) < 4.78 is 7.35. The summed E-state index contributed by atoms with van der Waals surface area (Å²) in [4.78, 5) is 0. The van der Waals surface area contributed by atoms with Crippen molar-refractivity contribution in [3.63, 3.8) is 0 Å². The Hall–Kier alpha value is -1.74. The second-order valence-electron chi connectivity index (χ2n) is 4.10. The summed E-state index contributed by atoms with van der Waals surface area (Å²) in [6.07, 6.45) is 3.50. The van der Waals surface area contributed by atoms with Crippen molar-refractivity contribution < 1.29 is 9.84 Å². The van der Waals surface area contributed by atoms with E-state index in [0.29, 0.717) is 0 Å². The molecule has 1 heterocycles. The van der Waals surface area contributed by atoms with Gasteiger partial charge in [-0.15, -0.1) is 0 Å². The number of rotatable bonds is 4. The molecule has 2 rings (SSSR count).